The van der Waals surface area contributed by atoms with Crippen LogP contribution >= 0.6 is 0 Å². The highest BCUT2D eigenvalue weighted by Crippen LogP contribution is 2.44. The van der Waals surface area contributed by atoms with Crippen molar-refractivity contribution in [1.82, 2.24) is 0 Å². The average molecular weight is 592 g/mol. The quantitative estimate of drug-likeness (QED) is 0.190. The van der Waals surface area contributed by atoms with E-state index in [1.54, 1.807) is 12.2 Å². The summed E-state index contributed by atoms with van der Waals surface area (Å²) in [6.07, 6.45) is 3.40. The van der Waals surface area contributed by atoms with E-state index in [1.165, 1.54) is 12.1 Å². The smallest absolute Gasteiger partial charge is 0.276 e. The predicted octanol–water partition coefficient (Wildman–Crippen LogP) is 3.73. The van der Waals surface area contributed by atoms with E-state index in [4.69, 9.17) is 0 Å². The molecule has 4 aromatic rings. The van der Waals surface area contributed by atoms with E-state index in [2.05, 4.69) is 24.8 Å². The third-order valence-corrected chi connectivity index (χ3v) is 9.24. The molecule has 0 aromatic heterocycles. The Morgan fingerprint density at radius 1 is 0.841 bits per heavy atom. The fourth-order valence-corrected chi connectivity index (χ4v) is 6.86. The minimum absolute atomic E-state index is 0.0620. The summed E-state index contributed by atoms with van der Waals surface area (Å²) in [5.41, 5.74) is 2.55. The molecule has 0 fully saturated rings. The van der Waals surface area contributed by atoms with Crippen LogP contribution in [0.4, 0.5) is 22.7 Å². The largest absolute Gasteiger partial charge is 0.367 e. The molecule has 10 heteroatoms. The second-order valence-electron chi connectivity index (χ2n) is 12.6. The van der Waals surface area contributed by atoms with Crippen LogP contribution in [0.1, 0.15) is 44.4 Å². The van der Waals surface area contributed by atoms with Gasteiger partial charge in [-0.05, 0) is 31.6 Å². The number of para-hydroxylation sites is 2. The van der Waals surface area contributed by atoms with Crippen molar-refractivity contribution >= 4 is 40.6 Å². The molecule has 2 aliphatic heterocycles. The highest BCUT2D eigenvalue weighted by molar-refractivity contribution is 6.15. The van der Waals surface area contributed by atoms with Gasteiger partial charge in [-0.25, -0.2) is 0 Å². The Hall–Kier alpha value is -5.25. The third kappa shape index (κ3) is 4.28. The number of rotatable bonds is 6. The van der Waals surface area contributed by atoms with Crippen molar-refractivity contribution in [2.75, 3.05) is 11.9 Å². The van der Waals surface area contributed by atoms with E-state index in [1.807, 2.05) is 67.9 Å². The van der Waals surface area contributed by atoms with Gasteiger partial charge >= 0.3 is 0 Å². The zero-order chi connectivity index (χ0) is 31.7. The van der Waals surface area contributed by atoms with Crippen LogP contribution in [0.2, 0.25) is 0 Å². The summed E-state index contributed by atoms with van der Waals surface area (Å²) in [4.78, 5) is 51.0. The van der Waals surface area contributed by atoms with Gasteiger partial charge in [0.25, 0.3) is 11.4 Å². The lowest BCUT2D eigenvalue weighted by Crippen LogP contribution is -2.66. The van der Waals surface area contributed by atoms with Crippen molar-refractivity contribution in [3.63, 3.8) is 0 Å². The van der Waals surface area contributed by atoms with Crippen molar-refractivity contribution in [2.24, 2.45) is 0 Å². The molecule has 0 saturated heterocycles. The molecule has 44 heavy (non-hydrogen) atoms. The van der Waals surface area contributed by atoms with Gasteiger partial charge in [-0.15, -0.1) is 0 Å². The maximum absolute atomic E-state index is 13.6. The summed E-state index contributed by atoms with van der Waals surface area (Å²) in [5.74, 6) is 0. The number of nitro benzene ring substituents is 2. The van der Waals surface area contributed by atoms with Crippen LogP contribution in [-0.4, -0.2) is 33.2 Å². The molecule has 0 amide bonds. The summed E-state index contributed by atoms with van der Waals surface area (Å²) < 4.78 is 1.87. The van der Waals surface area contributed by atoms with E-state index in [0.29, 0.717) is 11.3 Å². The Balaban J connectivity index is 1.49. The zero-order valence-corrected chi connectivity index (χ0v) is 25.0. The number of nitrogens with zero attached hydrogens (tertiary/aromatic N) is 4. The van der Waals surface area contributed by atoms with E-state index < -0.39 is 15.3 Å². The second kappa shape index (κ2) is 9.90. The number of fused-ring (bicyclic) bond motifs is 2. The molecule has 0 spiro atoms. The Morgan fingerprint density at radius 3 is 2.00 bits per heavy atom. The molecule has 2 aliphatic rings. The first-order valence-electron chi connectivity index (χ1n) is 14.3. The number of anilines is 1. The molecule has 0 N–H and O–H groups in total. The lowest BCUT2D eigenvalue weighted by molar-refractivity contribution is -0.454. The molecule has 1 atom stereocenters. The molecule has 6 rings (SSSR count). The van der Waals surface area contributed by atoms with Crippen molar-refractivity contribution in [2.45, 2.75) is 51.1 Å². The highest BCUT2D eigenvalue weighted by atomic mass is 16.6. The Bertz CT molecular complexity index is 2070. The number of hydrogen-bond acceptors (Lipinski definition) is 7. The molecular formula is C34H31N4O6+. The maximum Gasteiger partial charge on any atom is 0.276 e. The summed E-state index contributed by atoms with van der Waals surface area (Å²) in [6.45, 7) is 8.22. The lowest BCUT2D eigenvalue weighted by Gasteiger charge is -2.29. The van der Waals surface area contributed by atoms with Gasteiger partial charge in [-0.1, -0.05) is 50.2 Å². The molecule has 222 valence electrons. The van der Waals surface area contributed by atoms with Crippen LogP contribution in [0.3, 0.4) is 0 Å². The fraction of sp³-hybridized carbons (Fsp3) is 0.265. The predicted molar refractivity (Wildman–Crippen MR) is 169 cm³/mol. The topological polar surface area (TPSA) is 127 Å². The van der Waals surface area contributed by atoms with Crippen LogP contribution < -0.4 is 26.2 Å². The molecular weight excluding hydrogens is 560 g/mol. The van der Waals surface area contributed by atoms with Crippen molar-refractivity contribution < 1.29 is 14.4 Å². The Morgan fingerprint density at radius 2 is 1.41 bits per heavy atom. The maximum atomic E-state index is 13.6. The van der Waals surface area contributed by atoms with Crippen LogP contribution in [0.5, 0.6) is 0 Å². The number of non-ortho nitro benzene ring substituents is 2. The van der Waals surface area contributed by atoms with Crippen molar-refractivity contribution in [1.29, 1.82) is 0 Å². The van der Waals surface area contributed by atoms with Gasteiger partial charge in [-0.3, -0.25) is 29.8 Å². The summed E-state index contributed by atoms with van der Waals surface area (Å²) in [7, 11) is 1.96. The first kappa shape index (κ1) is 28.9. The highest BCUT2D eigenvalue weighted by Gasteiger charge is 2.45. The molecule has 1 unspecified atom stereocenters. The Labute approximate surface area is 252 Å². The third-order valence-electron chi connectivity index (χ3n) is 9.24. The monoisotopic (exact) mass is 591 g/mol. The molecule has 0 aliphatic carbocycles. The molecule has 10 nitrogen and oxygen atoms in total. The van der Waals surface area contributed by atoms with Crippen LogP contribution in [0.25, 0.3) is 12.2 Å². The second-order valence-corrected chi connectivity index (χ2v) is 12.6. The summed E-state index contributed by atoms with van der Waals surface area (Å²) in [6, 6.07) is 19.0. The summed E-state index contributed by atoms with van der Waals surface area (Å²) in [5, 5.41) is 23.3. The summed E-state index contributed by atoms with van der Waals surface area (Å²) >= 11 is 0. The van der Waals surface area contributed by atoms with E-state index in [-0.39, 0.29) is 50.7 Å². The SMILES string of the molecule is CN1c2ccccc2C(C)(C)C1C=c1c(=O)c(=CC2=[N+](Cc3cc([N+](=O)[O-])cc([N+](=O)[O-])c3)c3ccccc3C2(C)C)c1=O. The van der Waals surface area contributed by atoms with Gasteiger partial charge in [0.05, 0.1) is 37.8 Å². The van der Waals surface area contributed by atoms with Crippen LogP contribution in [0.15, 0.2) is 76.3 Å². The first-order chi connectivity index (χ1) is 20.7. The van der Waals surface area contributed by atoms with Crippen LogP contribution in [0, 0.1) is 20.2 Å². The molecule has 4 aromatic carbocycles. The van der Waals surface area contributed by atoms with Crippen molar-refractivity contribution in [3.8, 4) is 0 Å². The van der Waals surface area contributed by atoms with E-state index in [0.717, 1.165) is 28.6 Å². The fourth-order valence-electron chi connectivity index (χ4n) is 6.86. The first-order valence-corrected chi connectivity index (χ1v) is 14.3. The number of likely N-dealkylation sites (N-methyl/N-ethyl adjacent to an activating group) is 1. The number of nitro groups is 2. The Kier molecular flexibility index (Phi) is 6.49. The van der Waals surface area contributed by atoms with Gasteiger partial charge in [0.2, 0.25) is 16.5 Å². The molecule has 2 heterocycles. The van der Waals surface area contributed by atoms with Gasteiger partial charge in [-0.2, -0.15) is 4.58 Å². The van der Waals surface area contributed by atoms with Gasteiger partial charge in [0.15, 0.2) is 12.3 Å². The van der Waals surface area contributed by atoms with Gasteiger partial charge in [0.1, 0.15) is 0 Å². The standard InChI is InChI=1S/C34H31N4O6/c1-33(2)25-10-6-8-12-27(25)35(5)29(33)17-23-31(39)24(32(23)40)18-30-34(3,4)26-11-7-9-13-28(26)36(30)19-20-14-21(37(41)42)16-22(15-20)38(43)44/h6-18,29H,19H2,1-5H3/q+1. The zero-order valence-electron chi connectivity index (χ0n) is 25.0. The normalized spacial score (nSPS) is 17.8. The van der Waals surface area contributed by atoms with Crippen LogP contribution in [-0.2, 0) is 17.4 Å². The van der Waals surface area contributed by atoms with E-state index >= 15 is 0 Å². The minimum Gasteiger partial charge on any atom is -0.367 e. The lowest BCUT2D eigenvalue weighted by atomic mass is 9.79. The van der Waals surface area contributed by atoms with Gasteiger partial charge < -0.3 is 4.90 Å². The number of hydrogen-bond donors (Lipinski definition) is 0. The number of benzene rings is 3. The molecule has 0 bridgehead atoms. The average Bonchev–Trinajstić information content (AvgIpc) is 3.32. The van der Waals surface area contributed by atoms with Crippen molar-refractivity contribution in [3.05, 3.63) is 135 Å². The molecule has 0 radical (unpaired) electrons. The van der Waals surface area contributed by atoms with E-state index in [9.17, 15) is 29.8 Å². The minimum atomic E-state index is -0.661. The molecule has 0 saturated carbocycles. The van der Waals surface area contributed by atoms with Gasteiger partial charge in [0, 0.05) is 53.6 Å².